The number of nitrogens with zero attached hydrogens (tertiary/aromatic N) is 2. The zero-order valence-corrected chi connectivity index (χ0v) is 19.4. The van der Waals surface area contributed by atoms with Crippen molar-refractivity contribution in [1.29, 1.82) is 0 Å². The van der Waals surface area contributed by atoms with Crippen molar-refractivity contribution in [3.8, 4) is 5.88 Å². The highest BCUT2D eigenvalue weighted by atomic mass is 127. The Kier molecular flexibility index (Phi) is 11.5. The van der Waals surface area contributed by atoms with Gasteiger partial charge in [0.25, 0.3) is 0 Å². The van der Waals surface area contributed by atoms with Crippen LogP contribution in [0, 0.1) is 6.92 Å². The largest absolute Gasteiger partial charge is 0.475 e. The summed E-state index contributed by atoms with van der Waals surface area (Å²) in [6.07, 6.45) is 1.80. The minimum atomic E-state index is 0. The van der Waals surface area contributed by atoms with Gasteiger partial charge in [-0.05, 0) is 24.0 Å². The average molecular weight is 498 g/mol. The summed E-state index contributed by atoms with van der Waals surface area (Å²) < 4.78 is 10.4. The van der Waals surface area contributed by atoms with Crippen molar-refractivity contribution in [3.63, 3.8) is 0 Å². The van der Waals surface area contributed by atoms with Gasteiger partial charge in [-0.15, -0.1) is 24.0 Å². The van der Waals surface area contributed by atoms with E-state index in [-0.39, 0.29) is 24.0 Å². The van der Waals surface area contributed by atoms with Crippen LogP contribution in [0.1, 0.15) is 29.5 Å². The van der Waals surface area contributed by atoms with E-state index >= 15 is 0 Å². The molecule has 0 fully saturated rings. The quantitative estimate of drug-likeness (QED) is 0.240. The monoisotopic (exact) mass is 498 g/mol. The Morgan fingerprint density at radius 1 is 1.18 bits per heavy atom. The molecule has 0 saturated carbocycles. The van der Waals surface area contributed by atoms with Crippen LogP contribution in [0.15, 0.2) is 47.6 Å². The normalized spacial score (nSPS) is 12.1. The summed E-state index contributed by atoms with van der Waals surface area (Å²) >= 11 is 0. The highest BCUT2D eigenvalue weighted by Gasteiger charge is 2.07. The molecular formula is C21H31IN4O2. The topological polar surface area (TPSA) is 67.8 Å². The van der Waals surface area contributed by atoms with Crippen molar-refractivity contribution >= 4 is 29.9 Å². The van der Waals surface area contributed by atoms with E-state index in [1.54, 1.807) is 20.4 Å². The summed E-state index contributed by atoms with van der Waals surface area (Å²) in [7, 11) is 3.42. The van der Waals surface area contributed by atoms with Gasteiger partial charge in [0.15, 0.2) is 5.96 Å². The van der Waals surface area contributed by atoms with Gasteiger partial charge >= 0.3 is 0 Å². The van der Waals surface area contributed by atoms with E-state index in [9.17, 15) is 0 Å². The fourth-order valence-electron chi connectivity index (χ4n) is 2.58. The second-order valence-corrected chi connectivity index (χ2v) is 6.47. The van der Waals surface area contributed by atoms with Crippen LogP contribution in [0.3, 0.4) is 0 Å². The molecular weight excluding hydrogens is 467 g/mol. The Hall–Kier alpha value is -1.87. The van der Waals surface area contributed by atoms with Crippen LogP contribution in [0.4, 0.5) is 0 Å². The maximum Gasteiger partial charge on any atom is 0.213 e. The third kappa shape index (κ3) is 8.43. The smallest absolute Gasteiger partial charge is 0.213 e. The Morgan fingerprint density at radius 2 is 2.00 bits per heavy atom. The van der Waals surface area contributed by atoms with Crippen LogP contribution in [0.5, 0.6) is 5.88 Å². The fraction of sp³-hybridized carbons (Fsp3) is 0.429. The van der Waals surface area contributed by atoms with Crippen LogP contribution in [0.25, 0.3) is 0 Å². The molecule has 0 amide bonds. The number of halogens is 1. The molecule has 1 heterocycles. The van der Waals surface area contributed by atoms with Crippen LogP contribution < -0.4 is 15.4 Å². The average Bonchev–Trinajstić information content (AvgIpc) is 2.69. The number of nitrogens with one attached hydrogen (secondary N) is 2. The summed E-state index contributed by atoms with van der Waals surface area (Å²) in [4.78, 5) is 8.59. The SMILES string of the molecule is CN=C(NCc1ccc(OCCOC)nc1)NCC(C)c1cccc(C)c1.I. The molecule has 28 heavy (non-hydrogen) atoms. The Balaban J connectivity index is 0.00000392. The lowest BCUT2D eigenvalue weighted by molar-refractivity contribution is 0.143. The molecule has 0 aliphatic heterocycles. The minimum Gasteiger partial charge on any atom is -0.475 e. The number of hydrogen-bond donors (Lipinski definition) is 2. The Bertz CT molecular complexity index is 723. The first-order valence-corrected chi connectivity index (χ1v) is 9.20. The van der Waals surface area contributed by atoms with Crippen LogP contribution in [-0.4, -0.2) is 44.9 Å². The first-order valence-electron chi connectivity index (χ1n) is 9.20. The van der Waals surface area contributed by atoms with E-state index in [1.165, 1.54) is 11.1 Å². The Labute approximate surface area is 185 Å². The molecule has 1 aromatic heterocycles. The lowest BCUT2D eigenvalue weighted by Gasteiger charge is -2.17. The van der Waals surface area contributed by atoms with Gasteiger partial charge in [-0.2, -0.15) is 0 Å². The first kappa shape index (κ1) is 24.2. The zero-order valence-electron chi connectivity index (χ0n) is 17.1. The van der Waals surface area contributed by atoms with Crippen molar-refractivity contribution in [2.45, 2.75) is 26.3 Å². The molecule has 1 atom stereocenters. The van der Waals surface area contributed by atoms with Crippen molar-refractivity contribution < 1.29 is 9.47 Å². The number of hydrogen-bond acceptors (Lipinski definition) is 4. The van der Waals surface area contributed by atoms with Gasteiger partial charge in [-0.25, -0.2) is 4.98 Å². The predicted octanol–water partition coefficient (Wildman–Crippen LogP) is 3.50. The van der Waals surface area contributed by atoms with Gasteiger partial charge in [-0.1, -0.05) is 42.8 Å². The summed E-state index contributed by atoms with van der Waals surface area (Å²) in [5.74, 6) is 1.77. The fourth-order valence-corrected chi connectivity index (χ4v) is 2.58. The summed E-state index contributed by atoms with van der Waals surface area (Å²) in [5, 5.41) is 6.70. The molecule has 1 unspecified atom stereocenters. The number of pyridine rings is 1. The molecule has 1 aromatic carbocycles. The van der Waals surface area contributed by atoms with E-state index in [4.69, 9.17) is 9.47 Å². The number of guanidine groups is 1. The van der Waals surface area contributed by atoms with Gasteiger partial charge in [0, 0.05) is 39.5 Å². The van der Waals surface area contributed by atoms with Crippen molar-refractivity contribution in [2.24, 2.45) is 4.99 Å². The molecule has 2 N–H and O–H groups in total. The van der Waals surface area contributed by atoms with Gasteiger partial charge in [-0.3, -0.25) is 4.99 Å². The van der Waals surface area contributed by atoms with Gasteiger partial charge in [0.2, 0.25) is 5.88 Å². The van der Waals surface area contributed by atoms with Crippen molar-refractivity contribution in [1.82, 2.24) is 15.6 Å². The standard InChI is InChI=1S/C21H30N4O2.HI/c1-16-6-5-7-19(12-16)17(2)13-24-21(22-3)25-15-18-8-9-20(23-14-18)27-11-10-26-4;/h5-9,12,14,17H,10-11,13,15H2,1-4H3,(H2,22,24,25);1H. The van der Waals surface area contributed by atoms with Gasteiger partial charge in [0.05, 0.1) is 6.61 Å². The zero-order chi connectivity index (χ0) is 19.5. The molecule has 0 aliphatic rings. The lowest BCUT2D eigenvalue weighted by atomic mass is 9.99. The molecule has 0 saturated heterocycles. The maximum atomic E-state index is 5.47. The highest BCUT2D eigenvalue weighted by Crippen LogP contribution is 2.15. The number of ether oxygens (including phenoxy) is 2. The van der Waals surface area contributed by atoms with Crippen LogP contribution in [0.2, 0.25) is 0 Å². The van der Waals surface area contributed by atoms with E-state index < -0.39 is 0 Å². The number of aromatic nitrogens is 1. The van der Waals surface area contributed by atoms with E-state index in [0.717, 1.165) is 18.1 Å². The van der Waals surface area contributed by atoms with Crippen LogP contribution >= 0.6 is 24.0 Å². The minimum absolute atomic E-state index is 0. The second-order valence-electron chi connectivity index (χ2n) is 6.47. The number of methoxy groups -OCH3 is 1. The van der Waals surface area contributed by atoms with Crippen LogP contribution in [-0.2, 0) is 11.3 Å². The molecule has 154 valence electrons. The number of aliphatic imine (C=N–C) groups is 1. The van der Waals surface area contributed by atoms with Crippen molar-refractivity contribution in [3.05, 3.63) is 59.3 Å². The molecule has 0 bridgehead atoms. The van der Waals surface area contributed by atoms with Gasteiger partial charge < -0.3 is 20.1 Å². The van der Waals surface area contributed by atoms with E-state index in [1.807, 2.05) is 12.1 Å². The summed E-state index contributed by atoms with van der Waals surface area (Å²) in [5.41, 5.74) is 3.67. The third-order valence-corrected chi connectivity index (χ3v) is 4.21. The highest BCUT2D eigenvalue weighted by molar-refractivity contribution is 14.0. The van der Waals surface area contributed by atoms with E-state index in [0.29, 0.717) is 31.6 Å². The van der Waals surface area contributed by atoms with Gasteiger partial charge in [0.1, 0.15) is 6.61 Å². The lowest BCUT2D eigenvalue weighted by Crippen LogP contribution is -2.38. The molecule has 6 nitrogen and oxygen atoms in total. The molecule has 2 aromatic rings. The third-order valence-electron chi connectivity index (χ3n) is 4.21. The second kappa shape index (κ2) is 13.3. The molecule has 0 radical (unpaired) electrons. The molecule has 0 spiro atoms. The first-order chi connectivity index (χ1) is 13.1. The molecule has 0 aliphatic carbocycles. The molecule has 2 rings (SSSR count). The summed E-state index contributed by atoms with van der Waals surface area (Å²) in [6, 6.07) is 12.5. The number of aryl methyl sites for hydroxylation is 1. The summed E-state index contributed by atoms with van der Waals surface area (Å²) in [6.45, 7) is 6.83. The Morgan fingerprint density at radius 3 is 2.64 bits per heavy atom. The molecule has 7 heteroatoms. The van der Waals surface area contributed by atoms with Crippen molar-refractivity contribution in [2.75, 3.05) is 33.9 Å². The number of benzene rings is 1. The predicted molar refractivity (Wildman–Crippen MR) is 125 cm³/mol. The number of rotatable bonds is 9. The maximum absolute atomic E-state index is 5.47. The van der Waals surface area contributed by atoms with E-state index in [2.05, 4.69) is 58.7 Å².